The number of aromatic nitrogens is 2. The van der Waals surface area contributed by atoms with Crippen molar-refractivity contribution in [3.63, 3.8) is 0 Å². The molecule has 0 aliphatic rings. The van der Waals surface area contributed by atoms with Gasteiger partial charge >= 0.3 is 0 Å². The highest BCUT2D eigenvalue weighted by Gasteiger charge is 2.20. The van der Waals surface area contributed by atoms with Gasteiger partial charge in [0.05, 0.1) is 17.3 Å². The molecule has 0 radical (unpaired) electrons. The molecule has 3 rings (SSSR count). The van der Waals surface area contributed by atoms with E-state index in [0.717, 1.165) is 5.69 Å². The molecular formula is C15H12FN5OS. The van der Waals surface area contributed by atoms with Crippen molar-refractivity contribution >= 4 is 16.3 Å². The zero-order valence-corrected chi connectivity index (χ0v) is 13.2. The van der Waals surface area contributed by atoms with Crippen molar-refractivity contribution in [2.45, 2.75) is 19.9 Å². The van der Waals surface area contributed by atoms with Crippen molar-refractivity contribution in [3.05, 3.63) is 67.6 Å². The lowest BCUT2D eigenvalue weighted by Gasteiger charge is -2.12. The second-order valence-electron chi connectivity index (χ2n) is 5.06. The van der Waals surface area contributed by atoms with Gasteiger partial charge in [0.15, 0.2) is 4.96 Å². The Hall–Kier alpha value is -2.70. The topological polar surface area (TPSA) is 83.1 Å². The summed E-state index contributed by atoms with van der Waals surface area (Å²) in [5, 5.41) is 5.46. The van der Waals surface area contributed by atoms with Gasteiger partial charge in [0.25, 0.3) is 5.56 Å². The molecule has 116 valence electrons. The summed E-state index contributed by atoms with van der Waals surface area (Å²) >= 11 is 1.33. The first kappa shape index (κ1) is 15.2. The number of benzene rings is 1. The fraction of sp³-hybridized carbons (Fsp3) is 0.200. The van der Waals surface area contributed by atoms with E-state index >= 15 is 0 Å². The second-order valence-corrected chi connectivity index (χ2v) is 5.90. The number of fused-ring (bicyclic) bond motifs is 1. The number of hydrogen-bond acceptors (Lipinski definition) is 4. The van der Waals surface area contributed by atoms with Crippen LogP contribution in [0.4, 0.5) is 4.39 Å². The number of halogens is 1. The van der Waals surface area contributed by atoms with Crippen LogP contribution in [0.3, 0.4) is 0 Å². The Kier molecular flexibility index (Phi) is 3.85. The lowest BCUT2D eigenvalue weighted by Crippen LogP contribution is -2.20. The molecule has 0 amide bonds. The molecule has 0 aliphatic heterocycles. The van der Waals surface area contributed by atoms with E-state index in [2.05, 4.69) is 15.0 Å². The molecule has 6 nitrogen and oxygen atoms in total. The van der Waals surface area contributed by atoms with Crippen LogP contribution in [0.15, 0.2) is 39.6 Å². The van der Waals surface area contributed by atoms with Gasteiger partial charge in [-0.25, -0.2) is 9.37 Å². The summed E-state index contributed by atoms with van der Waals surface area (Å²) in [6, 6.07) is 5.11. The molecule has 0 bridgehead atoms. The highest BCUT2D eigenvalue weighted by atomic mass is 32.1. The number of thiazole rings is 1. The van der Waals surface area contributed by atoms with Gasteiger partial charge in [0.2, 0.25) is 0 Å². The average molecular weight is 329 g/mol. The van der Waals surface area contributed by atoms with E-state index in [1.807, 2.05) is 5.38 Å². The number of nitrogens with zero attached hydrogens (tertiary/aromatic N) is 5. The quantitative estimate of drug-likeness (QED) is 0.409. The molecule has 0 spiro atoms. The molecule has 1 unspecified atom stereocenters. The molecule has 0 saturated carbocycles. The summed E-state index contributed by atoms with van der Waals surface area (Å²) in [6.45, 7) is 3.46. The first-order valence-corrected chi connectivity index (χ1v) is 7.71. The first-order valence-electron chi connectivity index (χ1n) is 6.84. The van der Waals surface area contributed by atoms with Gasteiger partial charge in [0, 0.05) is 16.0 Å². The van der Waals surface area contributed by atoms with Crippen LogP contribution in [0.25, 0.3) is 26.5 Å². The second kappa shape index (κ2) is 5.83. The van der Waals surface area contributed by atoms with Crippen LogP contribution in [0.1, 0.15) is 24.4 Å². The third kappa shape index (κ3) is 2.58. The summed E-state index contributed by atoms with van der Waals surface area (Å²) in [5.74, 6) is -0.448. The molecule has 1 atom stereocenters. The number of aryl methyl sites for hydroxylation is 1. The lowest BCUT2D eigenvalue weighted by molar-refractivity contribution is 0.628. The molecule has 3 aromatic rings. The average Bonchev–Trinajstić information content (AvgIpc) is 2.89. The third-order valence-corrected chi connectivity index (χ3v) is 4.45. The highest BCUT2D eigenvalue weighted by molar-refractivity contribution is 7.15. The minimum atomic E-state index is -0.640. The maximum atomic E-state index is 13.6. The van der Waals surface area contributed by atoms with Crippen LogP contribution in [-0.2, 0) is 0 Å². The summed E-state index contributed by atoms with van der Waals surface area (Å²) in [5.41, 5.74) is 10.2. The van der Waals surface area contributed by atoms with Gasteiger partial charge in [-0.05, 0) is 30.2 Å². The van der Waals surface area contributed by atoms with E-state index in [1.54, 1.807) is 19.9 Å². The van der Waals surface area contributed by atoms with Gasteiger partial charge in [0.1, 0.15) is 5.82 Å². The molecule has 0 saturated heterocycles. The Bertz CT molecular complexity index is 1000. The maximum absolute atomic E-state index is 13.6. The molecule has 0 N–H and O–H groups in total. The maximum Gasteiger partial charge on any atom is 0.266 e. The summed E-state index contributed by atoms with van der Waals surface area (Å²) in [4.78, 5) is 20.7. The summed E-state index contributed by atoms with van der Waals surface area (Å²) in [6.07, 6.45) is 0. The van der Waals surface area contributed by atoms with E-state index < -0.39 is 11.9 Å². The molecule has 2 aromatic heterocycles. The van der Waals surface area contributed by atoms with Gasteiger partial charge in [-0.2, -0.15) is 0 Å². The smallest absolute Gasteiger partial charge is 0.266 e. The van der Waals surface area contributed by atoms with E-state index in [-0.39, 0.29) is 11.1 Å². The molecule has 23 heavy (non-hydrogen) atoms. The largest absolute Gasteiger partial charge is 0.268 e. The van der Waals surface area contributed by atoms with Gasteiger partial charge in [-0.1, -0.05) is 24.2 Å². The Morgan fingerprint density at radius 3 is 2.96 bits per heavy atom. The van der Waals surface area contributed by atoms with E-state index in [0.29, 0.717) is 16.2 Å². The minimum Gasteiger partial charge on any atom is -0.268 e. The zero-order valence-electron chi connectivity index (χ0n) is 12.4. The van der Waals surface area contributed by atoms with Crippen LogP contribution in [0, 0.1) is 12.7 Å². The molecule has 1 aromatic carbocycles. The predicted octanol–water partition coefficient (Wildman–Crippen LogP) is 4.24. The molecular weight excluding hydrogens is 317 g/mol. The lowest BCUT2D eigenvalue weighted by atomic mass is 10.0. The normalized spacial score (nSPS) is 12.1. The van der Waals surface area contributed by atoms with Crippen molar-refractivity contribution in [2.75, 3.05) is 0 Å². The molecule has 0 aliphatic carbocycles. The van der Waals surface area contributed by atoms with Crippen LogP contribution < -0.4 is 5.56 Å². The first-order chi connectivity index (χ1) is 11.0. The van der Waals surface area contributed by atoms with Crippen molar-refractivity contribution in [1.82, 2.24) is 9.38 Å². The van der Waals surface area contributed by atoms with Gasteiger partial charge < -0.3 is 0 Å². The minimum absolute atomic E-state index is 0.253. The van der Waals surface area contributed by atoms with E-state index in [4.69, 9.17) is 5.53 Å². The van der Waals surface area contributed by atoms with Crippen molar-refractivity contribution < 1.29 is 4.39 Å². The number of hydrogen-bond donors (Lipinski definition) is 0. The monoisotopic (exact) mass is 329 g/mol. The Balaban J connectivity index is 2.43. The Morgan fingerprint density at radius 2 is 2.26 bits per heavy atom. The van der Waals surface area contributed by atoms with Gasteiger partial charge in [-0.3, -0.25) is 9.20 Å². The highest BCUT2D eigenvalue weighted by Crippen LogP contribution is 2.28. The van der Waals surface area contributed by atoms with Crippen molar-refractivity contribution in [2.24, 2.45) is 5.11 Å². The van der Waals surface area contributed by atoms with Crippen LogP contribution in [0.5, 0.6) is 0 Å². The van der Waals surface area contributed by atoms with Gasteiger partial charge in [-0.15, -0.1) is 11.3 Å². The molecule has 0 fully saturated rings. The number of rotatable bonds is 3. The van der Waals surface area contributed by atoms with Crippen molar-refractivity contribution in [3.8, 4) is 11.1 Å². The number of azide groups is 1. The standard InChI is InChI=1S/C15H12FN5OS/c1-8-7-23-15-18-13(9(2)19-20-17)12(14(22)21(8)15)10-4-3-5-11(16)6-10/h3-7,9H,1-2H3. The van der Waals surface area contributed by atoms with E-state index in [9.17, 15) is 9.18 Å². The predicted molar refractivity (Wildman–Crippen MR) is 87.0 cm³/mol. The molecule has 2 heterocycles. The van der Waals surface area contributed by atoms with Crippen LogP contribution >= 0.6 is 11.3 Å². The Morgan fingerprint density at radius 1 is 1.48 bits per heavy atom. The summed E-state index contributed by atoms with van der Waals surface area (Å²) < 4.78 is 15.1. The van der Waals surface area contributed by atoms with Crippen LogP contribution in [0.2, 0.25) is 0 Å². The van der Waals surface area contributed by atoms with E-state index in [1.165, 1.54) is 33.9 Å². The summed E-state index contributed by atoms with van der Waals surface area (Å²) in [7, 11) is 0. The molecule has 8 heteroatoms. The Labute approximate surface area is 134 Å². The van der Waals surface area contributed by atoms with Crippen molar-refractivity contribution in [1.29, 1.82) is 0 Å². The third-order valence-electron chi connectivity index (χ3n) is 3.50. The zero-order chi connectivity index (χ0) is 16.6. The fourth-order valence-electron chi connectivity index (χ4n) is 2.45. The fourth-order valence-corrected chi connectivity index (χ4v) is 3.31. The van der Waals surface area contributed by atoms with Crippen LogP contribution in [-0.4, -0.2) is 9.38 Å². The SMILES string of the molecule is Cc1csc2nc(C(C)N=[N+]=[N-])c(-c3cccc(F)c3)c(=O)n12.